The molecule has 21 heteroatoms. The Morgan fingerprint density at radius 2 is 1.67 bits per heavy atom. The number of carbonyl (C=O) groups is 5. The van der Waals surface area contributed by atoms with Crippen LogP contribution in [0.15, 0.2) is 84.6 Å². The number of aryl methyl sites for hydroxylation is 1. The van der Waals surface area contributed by atoms with Gasteiger partial charge in [-0.05, 0) is 110 Å². The van der Waals surface area contributed by atoms with Crippen molar-refractivity contribution in [3.63, 3.8) is 0 Å². The molecule has 0 saturated carbocycles. The number of benzene rings is 2. The minimum absolute atomic E-state index is 0.0270. The second kappa shape index (κ2) is 28.8. The lowest BCUT2D eigenvalue weighted by Gasteiger charge is -2.31. The normalized spacial score (nSPS) is 14.4. The van der Waals surface area contributed by atoms with Crippen LogP contribution in [0.4, 0.5) is 10.9 Å². The summed E-state index contributed by atoms with van der Waals surface area (Å²) in [6.45, 7) is 21.8. The van der Waals surface area contributed by atoms with Gasteiger partial charge in [-0.2, -0.15) is 5.10 Å². The van der Waals surface area contributed by atoms with Gasteiger partial charge in [0.05, 0.1) is 34.4 Å². The Morgan fingerprint density at radius 1 is 0.890 bits per heavy atom. The van der Waals surface area contributed by atoms with Gasteiger partial charge in [-0.25, -0.2) is 19.9 Å². The zero-order valence-electron chi connectivity index (χ0n) is 48.8. The standard InChI is InChI=1S/C38H45N9O3S2.C13H14N2OS.C10H19NO2/c1-24-28(21-41-47(24)23-38(2,3)4)26-15-16-31(43-33(26)35(50)45-51-20-8-6-7-14-32(48)39-5)46-19-17-25-11-9-12-27(29(25)22-46)34(49)44-37-42-30-13-10-18-40-36(30)52-37;1-9(14-7-16)11-3-5-12(6-4-11)13-10(2)15-8-17-13;1-10(2,3)6-9(13)11-5-4-8(12)7-11/h9-13,15-16,18,21H,6-8,14,17,19-20,22-23H2,1-5H3,(H,39,48)(H,45,50)(H,42,44,49);3-9H,1-2H3,(H,14,16);8,12H,4-7H2,1-3H3/t;9-;/m.0./s1. The second-order valence-corrected chi connectivity index (χ2v) is 25.8. The van der Waals surface area contributed by atoms with E-state index in [1.807, 2.05) is 85.7 Å². The second-order valence-electron chi connectivity index (χ2n) is 23.0. The van der Waals surface area contributed by atoms with Crippen molar-refractivity contribution in [1.82, 2.24) is 50.0 Å². The predicted octanol–water partition coefficient (Wildman–Crippen LogP) is 10.7. The van der Waals surface area contributed by atoms with Gasteiger partial charge < -0.3 is 25.5 Å². The molecule has 2 aliphatic rings. The molecule has 82 heavy (non-hydrogen) atoms. The van der Waals surface area contributed by atoms with Gasteiger partial charge in [0.2, 0.25) is 18.2 Å². The summed E-state index contributed by atoms with van der Waals surface area (Å²) in [5, 5.41) is 22.8. The minimum atomic E-state index is -0.302. The molecule has 2 atom stereocenters. The molecule has 5 N–H and O–H groups in total. The van der Waals surface area contributed by atoms with E-state index in [1.54, 1.807) is 29.5 Å². The average Bonchev–Trinajstić information content (AvgIpc) is 4.31. The summed E-state index contributed by atoms with van der Waals surface area (Å²) < 4.78 is 5.00. The third-order valence-electron chi connectivity index (χ3n) is 13.9. The first-order valence-electron chi connectivity index (χ1n) is 27.8. The molecule has 5 aromatic heterocycles. The SMILES string of the molecule is CC(C)(C)CC(=O)N1CCC(O)C1.CNC(=O)CCCCCSNC(=O)c1nc(N2CCc3cccc(C(=O)Nc4nc5cccnc5s4)c3C2)ccc1-c1cnn(CC(C)(C)C)c1C.Cc1ncsc1-c1ccc([C@H](C)NC=O)cc1. The van der Waals surface area contributed by atoms with Crippen LogP contribution < -0.4 is 25.6 Å². The number of nitrogens with one attached hydrogen (secondary N) is 4. The molecule has 7 heterocycles. The first-order valence-corrected chi connectivity index (χ1v) is 30.5. The fourth-order valence-corrected chi connectivity index (χ4v) is 11.8. The number of β-amino-alcohol motifs (C(OH)–C–C–N with tert-alkyl or cyclic N) is 1. The van der Waals surface area contributed by atoms with Crippen LogP contribution in [0.3, 0.4) is 0 Å². The smallest absolute Gasteiger partial charge is 0.280 e. The number of pyridine rings is 2. The van der Waals surface area contributed by atoms with Crippen LogP contribution >= 0.6 is 34.6 Å². The number of carbonyl (C=O) groups excluding carboxylic acids is 5. The third kappa shape index (κ3) is 17.5. The zero-order chi connectivity index (χ0) is 59.1. The first kappa shape index (κ1) is 62.5. The molecule has 1 saturated heterocycles. The fraction of sp³-hybridized carbons (Fsp3) is 0.443. The van der Waals surface area contributed by atoms with Crippen LogP contribution in [-0.2, 0) is 33.9 Å². The summed E-state index contributed by atoms with van der Waals surface area (Å²) in [6, 6.07) is 21.7. The number of aromatic nitrogens is 6. The molecule has 9 rings (SSSR count). The molecule has 7 aromatic rings. The largest absolute Gasteiger partial charge is 0.391 e. The number of aliphatic hydroxyl groups is 1. The molecule has 1 unspecified atom stereocenters. The number of amides is 5. The van der Waals surface area contributed by atoms with Crippen molar-refractivity contribution in [1.29, 1.82) is 0 Å². The van der Waals surface area contributed by atoms with E-state index in [0.29, 0.717) is 60.2 Å². The van der Waals surface area contributed by atoms with Crippen LogP contribution in [-0.4, -0.2) is 108 Å². The Bertz CT molecular complexity index is 3270. The van der Waals surface area contributed by atoms with E-state index >= 15 is 0 Å². The summed E-state index contributed by atoms with van der Waals surface area (Å²) in [6.07, 6.45) is 9.06. The molecular formula is C61H78N12O6S3. The lowest BCUT2D eigenvalue weighted by molar-refractivity contribution is -0.132. The van der Waals surface area contributed by atoms with Gasteiger partial charge in [0.25, 0.3) is 11.8 Å². The van der Waals surface area contributed by atoms with Crippen molar-refractivity contribution in [3.05, 3.63) is 124 Å². The van der Waals surface area contributed by atoms with Crippen molar-refractivity contribution in [3.8, 4) is 21.6 Å². The van der Waals surface area contributed by atoms with E-state index in [4.69, 9.17) is 4.98 Å². The van der Waals surface area contributed by atoms with Gasteiger partial charge in [-0.1, -0.05) is 108 Å². The number of hydrogen-bond donors (Lipinski definition) is 5. The third-order valence-corrected chi connectivity index (χ3v) is 16.6. The molecule has 0 spiro atoms. The van der Waals surface area contributed by atoms with Gasteiger partial charge in [0, 0.05) is 86.9 Å². The lowest BCUT2D eigenvalue weighted by atomic mass is 9.92. The number of anilines is 2. The number of thiazole rings is 2. The molecule has 2 aromatic carbocycles. The number of nitrogens with zero attached hydrogens (tertiary/aromatic N) is 8. The number of unbranched alkanes of at least 4 members (excludes halogenated alkanes) is 2. The Labute approximate surface area is 493 Å². The van der Waals surface area contributed by atoms with Crippen molar-refractivity contribution < 1.29 is 29.1 Å². The Hall–Kier alpha value is -7.07. The maximum absolute atomic E-state index is 13.9. The van der Waals surface area contributed by atoms with Gasteiger partial charge in [0.1, 0.15) is 21.9 Å². The van der Waals surface area contributed by atoms with E-state index in [-0.39, 0.29) is 46.6 Å². The Morgan fingerprint density at radius 3 is 2.34 bits per heavy atom. The van der Waals surface area contributed by atoms with Crippen LogP contribution in [0.5, 0.6) is 0 Å². The van der Waals surface area contributed by atoms with E-state index in [9.17, 15) is 29.1 Å². The van der Waals surface area contributed by atoms with Crippen LogP contribution in [0, 0.1) is 24.7 Å². The number of rotatable bonds is 18. The fourth-order valence-electron chi connectivity index (χ4n) is 9.47. The summed E-state index contributed by atoms with van der Waals surface area (Å²) in [4.78, 5) is 85.0. The highest BCUT2D eigenvalue weighted by Crippen LogP contribution is 2.34. The monoisotopic (exact) mass is 1170 g/mol. The minimum Gasteiger partial charge on any atom is -0.391 e. The topological polar surface area (TPSA) is 230 Å². The quantitative estimate of drug-likeness (QED) is 0.0306. The van der Waals surface area contributed by atoms with Gasteiger partial charge in [-0.15, -0.1) is 11.3 Å². The summed E-state index contributed by atoms with van der Waals surface area (Å²) in [5.41, 5.74) is 11.5. The number of likely N-dealkylation sites (tertiary alicyclic amines) is 1. The Kier molecular flexibility index (Phi) is 21.9. The number of fused-ring (bicyclic) bond motifs is 2. The van der Waals surface area contributed by atoms with Gasteiger partial charge in [-0.3, -0.25) is 38.7 Å². The molecule has 0 radical (unpaired) electrons. The van der Waals surface area contributed by atoms with Gasteiger partial charge >= 0.3 is 0 Å². The highest BCUT2D eigenvalue weighted by Gasteiger charge is 2.29. The molecular weight excluding hydrogens is 1090 g/mol. The van der Waals surface area contributed by atoms with Crippen molar-refractivity contribution in [2.45, 2.75) is 132 Å². The van der Waals surface area contributed by atoms with Crippen molar-refractivity contribution in [2.75, 3.05) is 42.7 Å². The van der Waals surface area contributed by atoms with Crippen LogP contribution in [0.2, 0.25) is 0 Å². The van der Waals surface area contributed by atoms with E-state index in [1.165, 1.54) is 33.7 Å². The van der Waals surface area contributed by atoms with E-state index in [2.05, 4.69) is 105 Å². The van der Waals surface area contributed by atoms with E-state index < -0.39 is 0 Å². The predicted molar refractivity (Wildman–Crippen MR) is 330 cm³/mol. The first-order chi connectivity index (χ1) is 39.1. The molecule has 2 aliphatic heterocycles. The number of aliphatic hydroxyl groups excluding tert-OH is 1. The maximum Gasteiger partial charge on any atom is 0.280 e. The summed E-state index contributed by atoms with van der Waals surface area (Å²) in [5.74, 6) is 1.08. The summed E-state index contributed by atoms with van der Waals surface area (Å²) >= 11 is 4.34. The molecule has 1 fully saturated rings. The maximum atomic E-state index is 13.9. The van der Waals surface area contributed by atoms with Crippen molar-refractivity contribution in [2.24, 2.45) is 10.8 Å². The molecule has 436 valence electrons. The molecule has 5 amide bonds. The lowest BCUT2D eigenvalue weighted by Crippen LogP contribution is -2.33. The van der Waals surface area contributed by atoms with Gasteiger partial charge in [0.15, 0.2) is 5.13 Å². The zero-order valence-corrected chi connectivity index (χ0v) is 51.2. The molecule has 0 bridgehead atoms. The average molecular weight is 1170 g/mol. The Balaban J connectivity index is 0.000000260. The summed E-state index contributed by atoms with van der Waals surface area (Å²) in [7, 11) is 1.65. The van der Waals surface area contributed by atoms with Crippen molar-refractivity contribution >= 4 is 86.0 Å². The molecule has 18 nitrogen and oxygen atoms in total. The van der Waals surface area contributed by atoms with Crippen LogP contribution in [0.25, 0.3) is 31.9 Å². The highest BCUT2D eigenvalue weighted by atomic mass is 32.2. The molecule has 0 aliphatic carbocycles. The van der Waals surface area contributed by atoms with Crippen LogP contribution in [0.1, 0.15) is 142 Å². The number of hydrogen-bond acceptors (Lipinski definition) is 15. The van der Waals surface area contributed by atoms with E-state index in [0.717, 1.165) is 101 Å². The highest BCUT2D eigenvalue weighted by molar-refractivity contribution is 7.97.